The summed E-state index contributed by atoms with van der Waals surface area (Å²) < 4.78 is 5.31. The standard InChI is InChI=1S/C12H18OS/c1-9-5-6-11(13-4)10(7-9)8-12(2,3)14/h5-7,14H,8H2,1-4H3. The molecule has 0 bridgehead atoms. The zero-order valence-electron chi connectivity index (χ0n) is 9.29. The van der Waals surface area contributed by atoms with Crippen molar-refractivity contribution in [1.82, 2.24) is 0 Å². The van der Waals surface area contributed by atoms with Gasteiger partial charge in [-0.1, -0.05) is 31.5 Å². The molecule has 0 aliphatic carbocycles. The molecule has 0 amide bonds. The van der Waals surface area contributed by atoms with Crippen LogP contribution in [-0.4, -0.2) is 11.9 Å². The van der Waals surface area contributed by atoms with Crippen molar-refractivity contribution in [2.24, 2.45) is 0 Å². The van der Waals surface area contributed by atoms with Crippen molar-refractivity contribution in [1.29, 1.82) is 0 Å². The second-order valence-corrected chi connectivity index (χ2v) is 5.52. The topological polar surface area (TPSA) is 9.23 Å². The number of rotatable bonds is 3. The maximum absolute atomic E-state index is 5.31. The average Bonchev–Trinajstić information content (AvgIpc) is 2.01. The Bertz CT molecular complexity index is 313. The predicted octanol–water partition coefficient (Wildman–Crippen LogP) is 3.25. The van der Waals surface area contributed by atoms with Crippen LogP contribution in [0.4, 0.5) is 0 Å². The minimum atomic E-state index is 0.00106. The third-order valence-electron chi connectivity index (χ3n) is 2.06. The van der Waals surface area contributed by atoms with Crippen molar-refractivity contribution in [2.75, 3.05) is 7.11 Å². The van der Waals surface area contributed by atoms with Gasteiger partial charge in [0.15, 0.2) is 0 Å². The Kier molecular flexibility index (Phi) is 3.48. The van der Waals surface area contributed by atoms with Crippen LogP contribution in [0.2, 0.25) is 0 Å². The van der Waals surface area contributed by atoms with Crippen molar-refractivity contribution in [3.05, 3.63) is 29.3 Å². The summed E-state index contributed by atoms with van der Waals surface area (Å²) in [5.74, 6) is 0.956. The highest BCUT2D eigenvalue weighted by Crippen LogP contribution is 2.26. The highest BCUT2D eigenvalue weighted by Gasteiger charge is 2.15. The van der Waals surface area contributed by atoms with Crippen LogP contribution in [-0.2, 0) is 6.42 Å². The third kappa shape index (κ3) is 3.26. The molecule has 0 unspecified atom stereocenters. The van der Waals surface area contributed by atoms with Gasteiger partial charge in [-0.2, -0.15) is 12.6 Å². The van der Waals surface area contributed by atoms with Crippen molar-refractivity contribution < 1.29 is 4.74 Å². The molecule has 0 aliphatic rings. The van der Waals surface area contributed by atoms with Crippen LogP contribution in [0.3, 0.4) is 0 Å². The van der Waals surface area contributed by atoms with E-state index in [-0.39, 0.29) is 4.75 Å². The van der Waals surface area contributed by atoms with Crippen LogP contribution in [0.25, 0.3) is 0 Å². The number of benzene rings is 1. The Morgan fingerprint density at radius 1 is 1.36 bits per heavy atom. The maximum Gasteiger partial charge on any atom is 0.122 e. The Labute approximate surface area is 91.9 Å². The second-order valence-electron chi connectivity index (χ2n) is 4.30. The van der Waals surface area contributed by atoms with Crippen LogP contribution in [0.5, 0.6) is 5.75 Å². The van der Waals surface area contributed by atoms with Gasteiger partial charge in [0.05, 0.1) is 7.11 Å². The molecule has 0 radical (unpaired) electrons. The highest BCUT2D eigenvalue weighted by molar-refractivity contribution is 7.81. The summed E-state index contributed by atoms with van der Waals surface area (Å²) >= 11 is 4.53. The van der Waals surface area contributed by atoms with Gasteiger partial charge in [0.2, 0.25) is 0 Å². The molecule has 1 nitrogen and oxygen atoms in total. The number of methoxy groups -OCH3 is 1. The molecule has 0 spiro atoms. The van der Waals surface area contributed by atoms with E-state index in [1.165, 1.54) is 11.1 Å². The molecule has 0 aromatic heterocycles. The number of hydrogen-bond donors (Lipinski definition) is 1. The van der Waals surface area contributed by atoms with E-state index in [4.69, 9.17) is 4.74 Å². The van der Waals surface area contributed by atoms with Crippen LogP contribution in [0.1, 0.15) is 25.0 Å². The van der Waals surface area contributed by atoms with Gasteiger partial charge < -0.3 is 4.74 Å². The average molecular weight is 210 g/mol. The van der Waals surface area contributed by atoms with Gasteiger partial charge in [-0.15, -0.1) is 0 Å². The Morgan fingerprint density at radius 3 is 2.50 bits per heavy atom. The van der Waals surface area contributed by atoms with Gasteiger partial charge in [-0.3, -0.25) is 0 Å². The maximum atomic E-state index is 5.31. The summed E-state index contributed by atoms with van der Waals surface area (Å²) in [5.41, 5.74) is 2.49. The molecule has 1 aromatic rings. The van der Waals surface area contributed by atoms with Crippen LogP contribution < -0.4 is 4.74 Å². The summed E-state index contributed by atoms with van der Waals surface area (Å²) in [6.45, 7) is 6.31. The lowest BCUT2D eigenvalue weighted by Gasteiger charge is -2.19. The predicted molar refractivity (Wildman–Crippen MR) is 64.5 cm³/mol. The smallest absolute Gasteiger partial charge is 0.122 e. The fourth-order valence-electron chi connectivity index (χ4n) is 1.51. The molecular formula is C12H18OS. The van der Waals surface area contributed by atoms with E-state index in [1.807, 2.05) is 6.07 Å². The second kappa shape index (κ2) is 4.26. The number of ether oxygens (including phenoxy) is 1. The summed E-state index contributed by atoms with van der Waals surface area (Å²) in [7, 11) is 1.71. The summed E-state index contributed by atoms with van der Waals surface area (Å²) in [4.78, 5) is 0. The first-order valence-corrected chi connectivity index (χ1v) is 5.23. The molecule has 0 N–H and O–H groups in total. The van der Waals surface area contributed by atoms with Gasteiger partial charge in [0.25, 0.3) is 0 Å². The van der Waals surface area contributed by atoms with Crippen LogP contribution >= 0.6 is 12.6 Å². The van der Waals surface area contributed by atoms with Gasteiger partial charge in [0, 0.05) is 4.75 Å². The highest BCUT2D eigenvalue weighted by atomic mass is 32.1. The fraction of sp³-hybridized carbons (Fsp3) is 0.500. The Morgan fingerprint density at radius 2 is 2.00 bits per heavy atom. The lowest BCUT2D eigenvalue weighted by molar-refractivity contribution is 0.408. The first-order valence-electron chi connectivity index (χ1n) is 4.78. The summed E-state index contributed by atoms with van der Waals surface area (Å²) in [6, 6.07) is 6.24. The van der Waals surface area contributed by atoms with Crippen LogP contribution in [0.15, 0.2) is 18.2 Å². The lowest BCUT2D eigenvalue weighted by Crippen LogP contribution is -2.14. The van der Waals surface area contributed by atoms with E-state index in [9.17, 15) is 0 Å². The summed E-state index contributed by atoms with van der Waals surface area (Å²) in [6.07, 6.45) is 0.918. The van der Waals surface area contributed by atoms with Gasteiger partial charge in [-0.05, 0) is 25.0 Å². The molecule has 0 aliphatic heterocycles. The van der Waals surface area contributed by atoms with Crippen molar-refractivity contribution >= 4 is 12.6 Å². The molecule has 0 fully saturated rings. The van der Waals surface area contributed by atoms with Crippen molar-refractivity contribution in [3.8, 4) is 5.75 Å². The van der Waals surface area contributed by atoms with E-state index < -0.39 is 0 Å². The molecule has 14 heavy (non-hydrogen) atoms. The first kappa shape index (κ1) is 11.4. The molecule has 0 saturated carbocycles. The number of hydrogen-bond acceptors (Lipinski definition) is 2. The Balaban J connectivity index is 2.99. The zero-order chi connectivity index (χ0) is 10.8. The fourth-order valence-corrected chi connectivity index (χ4v) is 1.68. The molecule has 0 heterocycles. The van der Waals surface area contributed by atoms with E-state index in [0.717, 1.165) is 12.2 Å². The third-order valence-corrected chi connectivity index (χ3v) is 2.22. The molecule has 1 aromatic carbocycles. The molecular weight excluding hydrogens is 192 g/mol. The van der Waals surface area contributed by atoms with E-state index in [1.54, 1.807) is 7.11 Å². The molecule has 2 heteroatoms. The summed E-state index contributed by atoms with van der Waals surface area (Å²) in [5, 5.41) is 0. The SMILES string of the molecule is COc1ccc(C)cc1CC(C)(C)S. The molecule has 0 atom stereocenters. The quantitative estimate of drug-likeness (QED) is 0.753. The van der Waals surface area contributed by atoms with E-state index >= 15 is 0 Å². The van der Waals surface area contributed by atoms with Gasteiger partial charge in [0.1, 0.15) is 5.75 Å². The molecule has 78 valence electrons. The minimum Gasteiger partial charge on any atom is -0.496 e. The Hall–Kier alpha value is -0.630. The normalized spacial score (nSPS) is 11.5. The first-order chi connectivity index (χ1) is 6.42. The number of thiol groups is 1. The minimum absolute atomic E-state index is 0.00106. The monoisotopic (exact) mass is 210 g/mol. The van der Waals surface area contributed by atoms with Crippen molar-refractivity contribution in [3.63, 3.8) is 0 Å². The molecule has 0 saturated heterocycles. The van der Waals surface area contributed by atoms with E-state index in [0.29, 0.717) is 0 Å². The molecule has 1 rings (SSSR count). The van der Waals surface area contributed by atoms with Crippen LogP contribution in [0, 0.1) is 6.92 Å². The van der Waals surface area contributed by atoms with Gasteiger partial charge >= 0.3 is 0 Å². The van der Waals surface area contributed by atoms with Gasteiger partial charge in [-0.25, -0.2) is 0 Å². The number of aryl methyl sites for hydroxylation is 1. The largest absolute Gasteiger partial charge is 0.496 e. The van der Waals surface area contributed by atoms with Crippen molar-refractivity contribution in [2.45, 2.75) is 31.9 Å². The lowest BCUT2D eigenvalue weighted by atomic mass is 9.99. The zero-order valence-corrected chi connectivity index (χ0v) is 10.2. The van der Waals surface area contributed by atoms with E-state index in [2.05, 4.69) is 45.5 Å².